The molecule has 6 heteroatoms. The van der Waals surface area contributed by atoms with Crippen LogP contribution >= 0.6 is 70.6 Å². The number of thioether (sulfide) groups is 6. The van der Waals surface area contributed by atoms with Gasteiger partial charge < -0.3 is 0 Å². The molecule has 0 radical (unpaired) electrons. The van der Waals surface area contributed by atoms with Crippen molar-refractivity contribution in [3.8, 4) is 0 Å². The molecular weight excluding hydrogens is 577 g/mol. The quantitative estimate of drug-likeness (QED) is 0.0541. The van der Waals surface area contributed by atoms with Gasteiger partial charge in [-0.25, -0.2) is 0 Å². The van der Waals surface area contributed by atoms with Crippen molar-refractivity contribution in [2.75, 3.05) is 34.5 Å². The van der Waals surface area contributed by atoms with E-state index in [0.717, 1.165) is 0 Å². The molecule has 0 aromatic heterocycles. The van der Waals surface area contributed by atoms with Crippen LogP contribution < -0.4 is 0 Å². The van der Waals surface area contributed by atoms with Gasteiger partial charge in [0.1, 0.15) is 6.82 Å². The summed E-state index contributed by atoms with van der Waals surface area (Å²) in [6.07, 6.45) is 24.6. The van der Waals surface area contributed by atoms with Gasteiger partial charge in [0.15, 0.2) is 0 Å². The second-order valence-corrected chi connectivity index (χ2v) is 19.9. The normalized spacial score (nSPS) is 12.5. The average Bonchev–Trinajstić information content (AvgIpc) is 2.93. The lowest BCUT2D eigenvalue weighted by Crippen LogP contribution is -2.41. The summed E-state index contributed by atoms with van der Waals surface area (Å²) in [5, 5.41) is 0. The molecule has 0 nitrogen and oxygen atoms in total. The molecule has 0 aliphatic heterocycles. The van der Waals surface area contributed by atoms with Crippen LogP contribution in [0.25, 0.3) is 0 Å². The van der Waals surface area contributed by atoms with Crippen LogP contribution in [-0.4, -0.2) is 41.3 Å². The second-order valence-electron chi connectivity index (χ2n) is 10.4. The lowest BCUT2D eigenvalue weighted by molar-refractivity contribution is 0.770. The Morgan fingerprint density at radius 2 is 0.421 bits per heavy atom. The molecule has 0 saturated carbocycles. The van der Waals surface area contributed by atoms with E-state index in [1.165, 1.54) is 150 Å². The Kier molecular flexibility index (Phi) is 30.8. The first-order valence-corrected chi connectivity index (χ1v) is 22.4. The molecule has 0 N–H and O–H groups in total. The Bertz CT molecular complexity index is 368. The molecule has 230 valence electrons. The van der Waals surface area contributed by atoms with Crippen molar-refractivity contribution in [2.24, 2.45) is 0 Å². The van der Waals surface area contributed by atoms with Crippen molar-refractivity contribution in [1.29, 1.82) is 0 Å². The minimum atomic E-state index is 0.243. The van der Waals surface area contributed by atoms with Gasteiger partial charge in [0, 0.05) is 0 Å². The molecular formula is C32H66S6. The van der Waals surface area contributed by atoms with Gasteiger partial charge in [-0.2, -0.15) is 0 Å². The maximum absolute atomic E-state index is 2.39. The first kappa shape index (κ1) is 40.1. The zero-order chi connectivity index (χ0) is 28.2. The highest BCUT2D eigenvalue weighted by Gasteiger charge is 2.54. The molecule has 0 aliphatic carbocycles. The summed E-state index contributed by atoms with van der Waals surface area (Å²) in [7, 11) is 0. The number of hydrogen-bond acceptors (Lipinski definition) is 6. The molecule has 0 rings (SSSR count). The first-order chi connectivity index (χ1) is 18.6. The lowest BCUT2D eigenvalue weighted by Gasteiger charge is -2.48. The van der Waals surface area contributed by atoms with Gasteiger partial charge >= 0.3 is 0 Å². The van der Waals surface area contributed by atoms with Crippen LogP contribution in [0.2, 0.25) is 0 Å². The zero-order valence-corrected chi connectivity index (χ0v) is 31.3. The monoisotopic (exact) mass is 642 g/mol. The zero-order valence-electron chi connectivity index (χ0n) is 26.4. The SMILES string of the molecule is CCCCCSC(SCCCCC)(SCCCCC)C(SCCCCC)(SCCCCC)SCCCCC. The Hall–Kier alpha value is 2.10. The highest BCUT2D eigenvalue weighted by atomic mass is 32.3. The van der Waals surface area contributed by atoms with E-state index in [0.29, 0.717) is 0 Å². The predicted molar refractivity (Wildman–Crippen MR) is 197 cm³/mol. The Balaban J connectivity index is 6.33. The van der Waals surface area contributed by atoms with Crippen LogP contribution in [0.15, 0.2) is 0 Å². The minimum absolute atomic E-state index is 0.243. The molecule has 0 aromatic carbocycles. The summed E-state index contributed by atoms with van der Waals surface area (Å²) >= 11 is 14.3. The van der Waals surface area contributed by atoms with E-state index in [9.17, 15) is 0 Å². The van der Waals surface area contributed by atoms with Crippen molar-refractivity contribution in [3.05, 3.63) is 0 Å². The van der Waals surface area contributed by atoms with E-state index >= 15 is 0 Å². The smallest absolute Gasteiger partial charge is 0.130 e. The van der Waals surface area contributed by atoms with Gasteiger partial charge in [-0.1, -0.05) is 119 Å². The largest absolute Gasteiger partial charge is 0.140 e. The van der Waals surface area contributed by atoms with E-state index in [1.54, 1.807) is 0 Å². The van der Waals surface area contributed by atoms with Crippen LogP contribution in [0.1, 0.15) is 157 Å². The molecule has 0 amide bonds. The van der Waals surface area contributed by atoms with Gasteiger partial charge in [-0.3, -0.25) is 0 Å². The Morgan fingerprint density at radius 3 is 0.553 bits per heavy atom. The summed E-state index contributed by atoms with van der Waals surface area (Å²) in [5.74, 6) is 7.99. The number of hydrogen-bond donors (Lipinski definition) is 0. The number of rotatable bonds is 31. The third kappa shape index (κ3) is 18.6. The van der Waals surface area contributed by atoms with Gasteiger partial charge in [-0.15, -0.1) is 70.6 Å². The molecule has 0 heterocycles. The molecule has 0 unspecified atom stereocenters. The summed E-state index contributed by atoms with van der Waals surface area (Å²) in [6.45, 7) is 14.2. The Morgan fingerprint density at radius 1 is 0.263 bits per heavy atom. The van der Waals surface area contributed by atoms with Crippen molar-refractivity contribution in [1.82, 2.24) is 0 Å². The van der Waals surface area contributed by atoms with Gasteiger partial charge in [0.25, 0.3) is 0 Å². The van der Waals surface area contributed by atoms with Crippen LogP contribution in [0.3, 0.4) is 0 Å². The topological polar surface area (TPSA) is 0 Å². The number of unbranched alkanes of at least 4 members (excludes halogenated alkanes) is 12. The molecule has 0 spiro atoms. The van der Waals surface area contributed by atoms with Gasteiger partial charge in [-0.05, 0) is 73.0 Å². The fraction of sp³-hybridized carbons (Fsp3) is 1.00. The molecule has 0 fully saturated rings. The third-order valence-corrected chi connectivity index (χ3v) is 19.1. The molecule has 0 aromatic rings. The summed E-state index contributed by atoms with van der Waals surface area (Å²) in [6, 6.07) is 0. The van der Waals surface area contributed by atoms with E-state index in [2.05, 4.69) is 112 Å². The van der Waals surface area contributed by atoms with Crippen molar-refractivity contribution in [2.45, 2.75) is 164 Å². The summed E-state index contributed by atoms with van der Waals surface area (Å²) in [4.78, 5) is 0. The fourth-order valence-corrected chi connectivity index (χ4v) is 17.1. The van der Waals surface area contributed by atoms with Crippen LogP contribution in [0.4, 0.5) is 0 Å². The van der Waals surface area contributed by atoms with Crippen molar-refractivity contribution >= 4 is 70.6 Å². The lowest BCUT2D eigenvalue weighted by atomic mass is 10.3. The van der Waals surface area contributed by atoms with Crippen molar-refractivity contribution in [3.63, 3.8) is 0 Å². The van der Waals surface area contributed by atoms with E-state index < -0.39 is 0 Å². The molecule has 0 atom stereocenters. The fourth-order valence-electron chi connectivity index (χ4n) is 4.13. The van der Waals surface area contributed by atoms with Gasteiger partial charge in [0.2, 0.25) is 0 Å². The van der Waals surface area contributed by atoms with Crippen LogP contribution in [0, 0.1) is 0 Å². The molecule has 38 heavy (non-hydrogen) atoms. The summed E-state index contributed by atoms with van der Waals surface area (Å²) < 4.78 is 0.486. The van der Waals surface area contributed by atoms with Crippen LogP contribution in [-0.2, 0) is 0 Å². The maximum atomic E-state index is 2.39. The predicted octanol–water partition coefficient (Wildman–Crippen LogP) is 13.8. The Labute approximate surface area is 267 Å². The second kappa shape index (κ2) is 29.2. The molecule has 0 aliphatic rings. The molecule has 0 saturated heterocycles. The average molecular weight is 643 g/mol. The highest BCUT2D eigenvalue weighted by Crippen LogP contribution is 2.68. The molecule has 0 bridgehead atoms. The first-order valence-electron chi connectivity index (χ1n) is 16.4. The summed E-state index contributed by atoms with van der Waals surface area (Å²) in [5.41, 5.74) is 0. The highest BCUT2D eigenvalue weighted by molar-refractivity contribution is 8.42. The third-order valence-electron chi connectivity index (χ3n) is 6.61. The van der Waals surface area contributed by atoms with E-state index in [1.807, 2.05) is 0 Å². The van der Waals surface area contributed by atoms with E-state index in [-0.39, 0.29) is 6.82 Å². The van der Waals surface area contributed by atoms with Crippen LogP contribution in [0.5, 0.6) is 0 Å². The van der Waals surface area contributed by atoms with Crippen molar-refractivity contribution < 1.29 is 0 Å². The van der Waals surface area contributed by atoms with E-state index in [4.69, 9.17) is 0 Å². The maximum Gasteiger partial charge on any atom is 0.140 e. The minimum Gasteiger partial charge on any atom is -0.130 e. The standard InChI is InChI=1S/C32H66S6/c1-7-13-19-25-33-31(34-26-20-14-8-2,35-27-21-15-9-3)32(36-28-22-16-10-4,37-29-23-17-11-5)38-30-24-18-12-6/h7-30H2,1-6H3. The van der Waals surface area contributed by atoms with Gasteiger partial charge in [0.05, 0.1) is 0 Å².